The predicted molar refractivity (Wildman–Crippen MR) is 80.7 cm³/mol. The Morgan fingerprint density at radius 3 is 2.47 bits per heavy atom. The first-order valence-electron chi connectivity index (χ1n) is 7.37. The third-order valence-corrected chi connectivity index (χ3v) is 2.93. The third kappa shape index (κ3) is 9.36. The summed E-state index contributed by atoms with van der Waals surface area (Å²) < 4.78 is 5.51. The van der Waals surface area contributed by atoms with Crippen molar-refractivity contribution in [3.05, 3.63) is 12.2 Å². The molecule has 2 atom stereocenters. The molecule has 0 heterocycles. The van der Waals surface area contributed by atoms with Crippen molar-refractivity contribution in [2.75, 3.05) is 0 Å². The minimum Gasteiger partial charge on any atom is -0.449 e. The van der Waals surface area contributed by atoms with Crippen LogP contribution in [0.4, 0.5) is 0 Å². The Kier molecular flexibility index (Phi) is 9.98. The second-order valence-electron chi connectivity index (χ2n) is 5.18. The lowest BCUT2D eigenvalue weighted by Crippen LogP contribution is -2.23. The van der Waals surface area contributed by atoms with E-state index in [-0.39, 0.29) is 18.0 Å². The highest BCUT2D eigenvalue weighted by Gasteiger charge is 2.18. The van der Waals surface area contributed by atoms with E-state index in [4.69, 9.17) is 4.74 Å². The summed E-state index contributed by atoms with van der Waals surface area (Å²) in [5, 5.41) is 0. The Bertz CT molecular complexity index is 333. The molecule has 0 radical (unpaired) electrons. The molecule has 0 fully saturated rings. The monoisotopic (exact) mass is 264 g/mol. The molecule has 0 bridgehead atoms. The lowest BCUT2D eigenvalue weighted by Gasteiger charge is -2.19. The summed E-state index contributed by atoms with van der Waals surface area (Å²) in [5.41, 5.74) is 0.802. The van der Waals surface area contributed by atoms with E-state index in [2.05, 4.69) is 39.2 Å². The second-order valence-corrected chi connectivity index (χ2v) is 5.18. The maximum absolute atomic E-state index is 11.8. The van der Waals surface area contributed by atoms with E-state index in [1.807, 2.05) is 6.92 Å². The molecule has 0 saturated heterocycles. The number of allylic oxidation sites excluding steroid dienone is 1. The first-order chi connectivity index (χ1) is 9.01. The first-order valence-corrected chi connectivity index (χ1v) is 7.37. The van der Waals surface area contributed by atoms with Crippen LogP contribution in [0.3, 0.4) is 0 Å². The highest BCUT2D eigenvalue weighted by Crippen LogP contribution is 2.15. The maximum atomic E-state index is 11.8. The molecule has 0 rings (SSSR count). The summed E-state index contributed by atoms with van der Waals surface area (Å²) in [6.07, 6.45) is 5.36. The van der Waals surface area contributed by atoms with Gasteiger partial charge in [-0.2, -0.15) is 0 Å². The Morgan fingerprint density at radius 1 is 1.26 bits per heavy atom. The quantitative estimate of drug-likeness (QED) is 0.367. The number of hydrogen-bond donors (Lipinski definition) is 0. The van der Waals surface area contributed by atoms with Crippen LogP contribution in [0, 0.1) is 17.8 Å². The van der Waals surface area contributed by atoms with Crippen molar-refractivity contribution >= 4 is 5.97 Å². The molecule has 0 aromatic heterocycles. The maximum Gasteiger partial charge on any atom is 0.307 e. The van der Waals surface area contributed by atoms with E-state index < -0.39 is 0 Å². The highest BCUT2D eigenvalue weighted by molar-refractivity contribution is 5.69. The van der Waals surface area contributed by atoms with Crippen molar-refractivity contribution in [3.8, 4) is 11.8 Å². The van der Waals surface area contributed by atoms with Crippen molar-refractivity contribution in [1.29, 1.82) is 0 Å². The predicted octanol–water partition coefficient (Wildman–Crippen LogP) is 4.49. The lowest BCUT2D eigenvalue weighted by molar-refractivity contribution is -0.148. The van der Waals surface area contributed by atoms with Crippen LogP contribution in [0.5, 0.6) is 0 Å². The zero-order valence-corrected chi connectivity index (χ0v) is 12.9. The van der Waals surface area contributed by atoms with Gasteiger partial charge in [-0.05, 0) is 25.3 Å². The fourth-order valence-corrected chi connectivity index (χ4v) is 1.81. The van der Waals surface area contributed by atoms with Crippen molar-refractivity contribution in [2.24, 2.45) is 5.92 Å². The van der Waals surface area contributed by atoms with Gasteiger partial charge in [0.15, 0.2) is 6.10 Å². The van der Waals surface area contributed by atoms with Crippen LogP contribution in [0.2, 0.25) is 0 Å². The number of ether oxygens (including phenoxy) is 1. The molecular formula is C17H28O2. The van der Waals surface area contributed by atoms with Crippen molar-refractivity contribution in [1.82, 2.24) is 0 Å². The summed E-state index contributed by atoms with van der Waals surface area (Å²) >= 11 is 0. The van der Waals surface area contributed by atoms with Crippen molar-refractivity contribution in [3.63, 3.8) is 0 Å². The molecule has 0 amide bonds. The van der Waals surface area contributed by atoms with E-state index in [0.29, 0.717) is 6.42 Å². The molecule has 0 aliphatic heterocycles. The molecule has 0 aliphatic carbocycles. The SMILES string of the molecule is C=C(C)C#CC(OC(=O)CCCCC)C(C)CCC. The number of carbonyl (C=O) groups excluding carboxylic acids is 1. The van der Waals surface area contributed by atoms with Gasteiger partial charge in [-0.3, -0.25) is 4.79 Å². The van der Waals surface area contributed by atoms with Crippen LogP contribution in [0.1, 0.15) is 66.2 Å². The van der Waals surface area contributed by atoms with Gasteiger partial charge in [-0.1, -0.05) is 58.5 Å². The average molecular weight is 264 g/mol. The van der Waals surface area contributed by atoms with Gasteiger partial charge in [0.05, 0.1) is 0 Å². The van der Waals surface area contributed by atoms with Gasteiger partial charge < -0.3 is 4.74 Å². The van der Waals surface area contributed by atoms with Crippen molar-refractivity contribution < 1.29 is 9.53 Å². The third-order valence-electron chi connectivity index (χ3n) is 2.93. The molecule has 19 heavy (non-hydrogen) atoms. The van der Waals surface area contributed by atoms with E-state index in [0.717, 1.165) is 37.7 Å². The minimum absolute atomic E-state index is 0.127. The van der Waals surface area contributed by atoms with Gasteiger partial charge in [0.25, 0.3) is 0 Å². The molecule has 108 valence electrons. The van der Waals surface area contributed by atoms with E-state index in [1.165, 1.54) is 0 Å². The molecule has 2 unspecified atom stereocenters. The molecule has 0 aliphatic rings. The number of esters is 1. The Labute approximate surface area is 118 Å². The fraction of sp³-hybridized carbons (Fsp3) is 0.706. The molecule has 0 saturated carbocycles. The van der Waals surface area contributed by atoms with Crippen LogP contribution in [-0.4, -0.2) is 12.1 Å². The Balaban J connectivity index is 4.45. The van der Waals surface area contributed by atoms with Gasteiger partial charge >= 0.3 is 5.97 Å². The topological polar surface area (TPSA) is 26.3 Å². The van der Waals surface area contributed by atoms with Gasteiger partial charge in [0.1, 0.15) is 0 Å². The van der Waals surface area contributed by atoms with Gasteiger partial charge in [0, 0.05) is 12.3 Å². The number of carbonyl (C=O) groups is 1. The molecule has 0 spiro atoms. The molecule has 0 aromatic carbocycles. The Hall–Kier alpha value is -1.23. The van der Waals surface area contributed by atoms with Gasteiger partial charge in [0.2, 0.25) is 0 Å². The lowest BCUT2D eigenvalue weighted by atomic mass is 9.99. The van der Waals surface area contributed by atoms with Gasteiger partial charge in [-0.15, -0.1) is 0 Å². The van der Waals surface area contributed by atoms with Crippen LogP contribution < -0.4 is 0 Å². The summed E-state index contributed by atoms with van der Waals surface area (Å²) in [5.74, 6) is 6.11. The van der Waals surface area contributed by atoms with Crippen LogP contribution in [0.15, 0.2) is 12.2 Å². The number of rotatable bonds is 8. The van der Waals surface area contributed by atoms with E-state index in [9.17, 15) is 4.79 Å². The molecule has 0 N–H and O–H groups in total. The average Bonchev–Trinajstić information content (AvgIpc) is 2.34. The van der Waals surface area contributed by atoms with Crippen LogP contribution in [-0.2, 0) is 9.53 Å². The van der Waals surface area contributed by atoms with E-state index >= 15 is 0 Å². The van der Waals surface area contributed by atoms with Crippen LogP contribution >= 0.6 is 0 Å². The van der Waals surface area contributed by atoms with Crippen molar-refractivity contribution in [2.45, 2.75) is 72.3 Å². The summed E-state index contributed by atoms with van der Waals surface area (Å²) in [6, 6.07) is 0. The normalized spacial score (nSPS) is 13.1. The molecular weight excluding hydrogens is 236 g/mol. The smallest absolute Gasteiger partial charge is 0.307 e. The second kappa shape index (κ2) is 10.7. The summed E-state index contributed by atoms with van der Waals surface area (Å²) in [6.45, 7) is 11.9. The number of unbranched alkanes of at least 4 members (excludes halogenated alkanes) is 2. The molecule has 2 heteroatoms. The summed E-state index contributed by atoms with van der Waals surface area (Å²) in [7, 11) is 0. The largest absolute Gasteiger partial charge is 0.449 e. The van der Waals surface area contributed by atoms with Crippen LogP contribution in [0.25, 0.3) is 0 Å². The van der Waals surface area contributed by atoms with E-state index in [1.54, 1.807) is 0 Å². The van der Waals surface area contributed by atoms with Gasteiger partial charge in [-0.25, -0.2) is 0 Å². The zero-order chi connectivity index (χ0) is 14.7. The molecule has 0 aromatic rings. The summed E-state index contributed by atoms with van der Waals surface area (Å²) in [4.78, 5) is 11.8. The zero-order valence-electron chi connectivity index (χ0n) is 12.9. The fourth-order valence-electron chi connectivity index (χ4n) is 1.81. The minimum atomic E-state index is -0.300. The molecule has 2 nitrogen and oxygen atoms in total. The first kappa shape index (κ1) is 17.8. The number of hydrogen-bond acceptors (Lipinski definition) is 2. The highest BCUT2D eigenvalue weighted by atomic mass is 16.5. The Morgan fingerprint density at radius 2 is 1.95 bits per heavy atom. The standard InChI is InChI=1S/C17H28O2/c1-6-8-9-11-17(18)19-16(13-12-14(3)4)15(5)10-7-2/h15-16H,3,6-11H2,1-2,4-5H3.